The highest BCUT2D eigenvalue weighted by molar-refractivity contribution is 5.82. The summed E-state index contributed by atoms with van der Waals surface area (Å²) in [5.74, 6) is -0.174. The van der Waals surface area contributed by atoms with Gasteiger partial charge in [0.2, 0.25) is 5.91 Å². The molecule has 1 amide bonds. The predicted molar refractivity (Wildman–Crippen MR) is 105 cm³/mol. The maximum atomic E-state index is 13.5. The Kier molecular flexibility index (Phi) is 8.99. The maximum absolute atomic E-state index is 13.5. The van der Waals surface area contributed by atoms with Gasteiger partial charge in [0.1, 0.15) is 0 Å². The third kappa shape index (κ3) is 6.16. The van der Waals surface area contributed by atoms with Crippen molar-refractivity contribution < 1.29 is 19.4 Å². The third-order valence-corrected chi connectivity index (χ3v) is 6.20. The highest BCUT2D eigenvalue weighted by Gasteiger charge is 2.36. The van der Waals surface area contributed by atoms with E-state index in [1.165, 1.54) is 0 Å². The van der Waals surface area contributed by atoms with Crippen LogP contribution in [-0.4, -0.2) is 96.8 Å². The summed E-state index contributed by atoms with van der Waals surface area (Å²) in [7, 11) is 1.87. The fourth-order valence-corrected chi connectivity index (χ4v) is 4.52. The van der Waals surface area contributed by atoms with Crippen LogP contribution in [-0.2, 0) is 14.3 Å². The van der Waals surface area contributed by atoms with E-state index in [0.717, 1.165) is 51.7 Å². The molecule has 0 radical (unpaired) electrons. The first-order valence-electron chi connectivity index (χ1n) is 10.5. The first kappa shape index (κ1) is 22.1. The molecule has 0 aliphatic carbocycles. The highest BCUT2D eigenvalue weighted by Crippen LogP contribution is 2.24. The Hall–Kier alpha value is -1.18. The second kappa shape index (κ2) is 11.0. The third-order valence-electron chi connectivity index (χ3n) is 6.20. The van der Waals surface area contributed by atoms with Crippen molar-refractivity contribution in [1.29, 1.82) is 0 Å². The number of hydrogen-bond acceptors (Lipinski definition) is 5. The fraction of sp³-hybridized carbons (Fsp3) is 0.900. The van der Waals surface area contributed by atoms with E-state index in [0.29, 0.717) is 25.7 Å². The number of ether oxygens (including phenoxy) is 1. The number of morpholine rings is 1. The van der Waals surface area contributed by atoms with Crippen LogP contribution in [0.4, 0.5) is 0 Å². The molecular weight excluding hydrogens is 346 g/mol. The Morgan fingerprint density at radius 3 is 2.37 bits per heavy atom. The van der Waals surface area contributed by atoms with Crippen LogP contribution >= 0.6 is 0 Å². The second-order valence-electron chi connectivity index (χ2n) is 7.89. The summed E-state index contributed by atoms with van der Waals surface area (Å²) in [5, 5.41) is 9.04. The lowest BCUT2D eigenvalue weighted by Gasteiger charge is -2.40. The fourth-order valence-electron chi connectivity index (χ4n) is 4.52. The Morgan fingerprint density at radius 2 is 1.78 bits per heavy atom. The van der Waals surface area contributed by atoms with Crippen molar-refractivity contribution in [3.05, 3.63) is 0 Å². The maximum Gasteiger partial charge on any atom is 0.317 e. The summed E-state index contributed by atoms with van der Waals surface area (Å²) in [6.07, 6.45) is 4.72. The van der Waals surface area contributed by atoms with Crippen molar-refractivity contribution in [1.82, 2.24) is 14.7 Å². The van der Waals surface area contributed by atoms with Gasteiger partial charge in [0.15, 0.2) is 0 Å². The van der Waals surface area contributed by atoms with Crippen LogP contribution in [0.5, 0.6) is 0 Å². The topological polar surface area (TPSA) is 73.3 Å². The van der Waals surface area contributed by atoms with Gasteiger partial charge in [0, 0.05) is 32.2 Å². The quantitative estimate of drug-likeness (QED) is 0.685. The molecule has 2 aliphatic heterocycles. The van der Waals surface area contributed by atoms with Gasteiger partial charge >= 0.3 is 5.97 Å². The van der Waals surface area contributed by atoms with E-state index in [1.807, 2.05) is 16.8 Å². The number of carboxylic acid groups (broad SMARTS) is 1. The normalized spacial score (nSPS) is 23.4. The summed E-state index contributed by atoms with van der Waals surface area (Å²) in [6.45, 7) is 8.95. The lowest BCUT2D eigenvalue weighted by molar-refractivity contribution is -0.142. The minimum absolute atomic E-state index is 0.0581. The van der Waals surface area contributed by atoms with Gasteiger partial charge in [-0.3, -0.25) is 19.4 Å². The zero-order valence-electron chi connectivity index (χ0n) is 17.2. The SMILES string of the molecule is CCC(CC)C(C(=O)N1CCCC(N(C)CC(=O)O)CC1)N1CCOCC1. The largest absolute Gasteiger partial charge is 0.480 e. The first-order chi connectivity index (χ1) is 13.0. The van der Waals surface area contributed by atoms with E-state index < -0.39 is 5.97 Å². The van der Waals surface area contributed by atoms with Gasteiger partial charge in [-0.05, 0) is 32.2 Å². The molecule has 2 saturated heterocycles. The smallest absolute Gasteiger partial charge is 0.317 e. The number of hydrogen-bond donors (Lipinski definition) is 1. The van der Waals surface area contributed by atoms with Crippen molar-refractivity contribution in [2.75, 3.05) is 53.0 Å². The lowest BCUT2D eigenvalue weighted by atomic mass is 9.91. The molecule has 0 spiro atoms. The second-order valence-corrected chi connectivity index (χ2v) is 7.89. The van der Waals surface area contributed by atoms with Gasteiger partial charge < -0.3 is 14.7 Å². The molecule has 0 aromatic carbocycles. The van der Waals surface area contributed by atoms with E-state index in [1.54, 1.807) is 0 Å². The van der Waals surface area contributed by atoms with Gasteiger partial charge in [-0.1, -0.05) is 26.7 Å². The summed E-state index contributed by atoms with van der Waals surface area (Å²) in [4.78, 5) is 30.8. The highest BCUT2D eigenvalue weighted by atomic mass is 16.5. The Labute approximate surface area is 163 Å². The zero-order valence-corrected chi connectivity index (χ0v) is 17.2. The molecule has 2 heterocycles. The molecule has 7 heteroatoms. The minimum Gasteiger partial charge on any atom is -0.480 e. The van der Waals surface area contributed by atoms with E-state index in [-0.39, 0.29) is 24.5 Å². The van der Waals surface area contributed by atoms with E-state index >= 15 is 0 Å². The molecule has 1 N–H and O–H groups in total. The molecule has 0 aromatic rings. The van der Waals surface area contributed by atoms with Crippen molar-refractivity contribution >= 4 is 11.9 Å². The molecule has 156 valence electrons. The van der Waals surface area contributed by atoms with Crippen LogP contribution in [0.1, 0.15) is 46.0 Å². The number of nitrogens with zero attached hydrogens (tertiary/aromatic N) is 3. The summed E-state index contributed by atoms with van der Waals surface area (Å²) < 4.78 is 5.49. The van der Waals surface area contributed by atoms with Crippen LogP contribution in [0, 0.1) is 5.92 Å². The number of carbonyl (C=O) groups excluding carboxylic acids is 1. The molecular formula is C20H37N3O4. The minimum atomic E-state index is -0.796. The van der Waals surface area contributed by atoms with Gasteiger partial charge in [-0.25, -0.2) is 0 Å². The van der Waals surface area contributed by atoms with Crippen LogP contribution < -0.4 is 0 Å². The van der Waals surface area contributed by atoms with E-state index in [9.17, 15) is 9.59 Å². The monoisotopic (exact) mass is 383 g/mol. The molecule has 2 atom stereocenters. The number of rotatable bonds is 8. The summed E-state index contributed by atoms with van der Waals surface area (Å²) in [6, 6.07) is 0.172. The number of carboxylic acids is 1. The molecule has 2 unspecified atom stereocenters. The number of amides is 1. The van der Waals surface area contributed by atoms with E-state index in [4.69, 9.17) is 9.84 Å². The zero-order chi connectivity index (χ0) is 19.8. The Morgan fingerprint density at radius 1 is 1.11 bits per heavy atom. The van der Waals surface area contributed by atoms with Crippen molar-refractivity contribution in [2.24, 2.45) is 5.92 Å². The van der Waals surface area contributed by atoms with E-state index in [2.05, 4.69) is 18.7 Å². The molecule has 2 rings (SSSR count). The Bertz CT molecular complexity index is 478. The molecule has 2 fully saturated rings. The molecule has 7 nitrogen and oxygen atoms in total. The average molecular weight is 384 g/mol. The van der Waals surface area contributed by atoms with Crippen LogP contribution in [0.25, 0.3) is 0 Å². The number of aliphatic carboxylic acids is 1. The predicted octanol–water partition coefficient (Wildman–Crippen LogP) is 1.52. The average Bonchev–Trinajstić information content (AvgIpc) is 2.92. The molecule has 27 heavy (non-hydrogen) atoms. The molecule has 0 bridgehead atoms. The lowest BCUT2D eigenvalue weighted by Crippen LogP contribution is -2.55. The molecule has 0 saturated carbocycles. The van der Waals surface area contributed by atoms with Gasteiger partial charge in [-0.15, -0.1) is 0 Å². The number of likely N-dealkylation sites (N-methyl/N-ethyl adjacent to an activating group) is 1. The molecule has 2 aliphatic rings. The summed E-state index contributed by atoms with van der Waals surface area (Å²) in [5.41, 5.74) is 0. The number of likely N-dealkylation sites (tertiary alicyclic amines) is 1. The van der Waals surface area contributed by atoms with Crippen LogP contribution in [0.15, 0.2) is 0 Å². The first-order valence-corrected chi connectivity index (χ1v) is 10.5. The van der Waals surface area contributed by atoms with Crippen LogP contribution in [0.3, 0.4) is 0 Å². The van der Waals surface area contributed by atoms with Gasteiger partial charge in [0.25, 0.3) is 0 Å². The van der Waals surface area contributed by atoms with Crippen molar-refractivity contribution in [3.63, 3.8) is 0 Å². The standard InChI is InChI=1S/C20H37N3O4/c1-4-16(5-2)19(22-11-13-27-14-12-22)20(26)23-9-6-7-17(8-10-23)21(3)15-18(24)25/h16-17,19H,4-15H2,1-3H3,(H,24,25). The van der Waals surface area contributed by atoms with Gasteiger partial charge in [-0.2, -0.15) is 0 Å². The Balaban J connectivity index is 2.04. The summed E-state index contributed by atoms with van der Waals surface area (Å²) >= 11 is 0. The van der Waals surface area contributed by atoms with Crippen LogP contribution in [0.2, 0.25) is 0 Å². The molecule has 0 aromatic heterocycles. The number of carbonyl (C=O) groups is 2. The van der Waals surface area contributed by atoms with Crippen molar-refractivity contribution in [2.45, 2.75) is 58.0 Å². The van der Waals surface area contributed by atoms with Gasteiger partial charge in [0.05, 0.1) is 25.8 Å². The van der Waals surface area contributed by atoms with Crippen molar-refractivity contribution in [3.8, 4) is 0 Å².